The number of hydrogen-bond acceptors (Lipinski definition) is 7. The Morgan fingerprint density at radius 2 is 2.03 bits per heavy atom. The molecule has 3 aromatic heterocycles. The first-order valence-electron chi connectivity index (χ1n) is 13.5. The van der Waals surface area contributed by atoms with Crippen LogP contribution in [0.25, 0.3) is 22.3 Å². The molecule has 39 heavy (non-hydrogen) atoms. The SMILES string of the molecule is CN(C)Cc1cc(F)cc(OC2CCN(C3CC(CC#N)(n4cc(-c5ncnc6[nH]ccc56)cn4)C3)CC2)c1. The molecule has 4 heterocycles. The molecule has 0 bridgehead atoms. The number of benzene rings is 1. The number of aromatic amines is 1. The van der Waals surface area contributed by atoms with Gasteiger partial charge in [-0.2, -0.15) is 10.4 Å². The highest BCUT2D eigenvalue weighted by atomic mass is 19.1. The van der Waals surface area contributed by atoms with Crippen molar-refractivity contribution in [3.63, 3.8) is 0 Å². The van der Waals surface area contributed by atoms with Gasteiger partial charge in [0.2, 0.25) is 0 Å². The monoisotopic (exact) mass is 528 g/mol. The molecular formula is C29H33FN8O. The second kappa shape index (κ2) is 10.4. The number of piperidine rings is 1. The molecule has 1 saturated heterocycles. The van der Waals surface area contributed by atoms with Crippen LogP contribution in [0.3, 0.4) is 0 Å². The molecule has 10 heteroatoms. The Kier molecular flexibility index (Phi) is 6.79. The van der Waals surface area contributed by atoms with Crippen LogP contribution in [0.1, 0.15) is 37.7 Å². The molecule has 9 nitrogen and oxygen atoms in total. The van der Waals surface area contributed by atoms with E-state index in [1.807, 2.05) is 54.4 Å². The van der Waals surface area contributed by atoms with Crippen molar-refractivity contribution in [1.82, 2.24) is 34.5 Å². The molecule has 2 fully saturated rings. The number of aromatic nitrogens is 5. The number of nitrogens with one attached hydrogen (secondary N) is 1. The zero-order valence-corrected chi connectivity index (χ0v) is 22.3. The van der Waals surface area contributed by atoms with E-state index in [0.29, 0.717) is 24.8 Å². The number of nitrogens with zero attached hydrogens (tertiary/aromatic N) is 7. The molecule has 0 amide bonds. The predicted molar refractivity (Wildman–Crippen MR) is 145 cm³/mol. The Morgan fingerprint density at radius 1 is 1.21 bits per heavy atom. The minimum Gasteiger partial charge on any atom is -0.490 e. The Balaban J connectivity index is 1.08. The van der Waals surface area contributed by atoms with Gasteiger partial charge < -0.3 is 14.6 Å². The van der Waals surface area contributed by atoms with Crippen LogP contribution in [0.5, 0.6) is 5.75 Å². The summed E-state index contributed by atoms with van der Waals surface area (Å²) in [6.07, 6.45) is 11.3. The molecule has 202 valence electrons. The molecular weight excluding hydrogens is 495 g/mol. The van der Waals surface area contributed by atoms with E-state index >= 15 is 0 Å². The number of H-pyrrole nitrogens is 1. The number of ether oxygens (including phenoxy) is 1. The van der Waals surface area contributed by atoms with Gasteiger partial charge >= 0.3 is 0 Å². The van der Waals surface area contributed by atoms with Crippen LogP contribution in [-0.2, 0) is 12.1 Å². The first-order valence-corrected chi connectivity index (χ1v) is 13.5. The van der Waals surface area contributed by atoms with E-state index in [9.17, 15) is 9.65 Å². The lowest BCUT2D eigenvalue weighted by molar-refractivity contribution is -0.0207. The van der Waals surface area contributed by atoms with E-state index in [4.69, 9.17) is 4.74 Å². The van der Waals surface area contributed by atoms with Gasteiger partial charge in [0.15, 0.2) is 0 Å². The van der Waals surface area contributed by atoms with Crippen LogP contribution < -0.4 is 4.74 Å². The number of halogens is 1. The average Bonchev–Trinajstić information content (AvgIpc) is 3.56. The van der Waals surface area contributed by atoms with Gasteiger partial charge in [0.25, 0.3) is 0 Å². The van der Waals surface area contributed by atoms with Crippen LogP contribution in [0.4, 0.5) is 4.39 Å². The van der Waals surface area contributed by atoms with E-state index in [1.54, 1.807) is 12.4 Å². The summed E-state index contributed by atoms with van der Waals surface area (Å²) in [5.41, 5.74) is 3.16. The van der Waals surface area contributed by atoms with Crippen molar-refractivity contribution in [3.05, 3.63) is 60.6 Å². The third kappa shape index (κ3) is 5.12. The van der Waals surface area contributed by atoms with Gasteiger partial charge in [-0.1, -0.05) is 0 Å². The molecule has 6 rings (SSSR count). The summed E-state index contributed by atoms with van der Waals surface area (Å²) in [5.74, 6) is 0.348. The van der Waals surface area contributed by atoms with Gasteiger partial charge in [-0.15, -0.1) is 0 Å². The second-order valence-electron chi connectivity index (χ2n) is 11.1. The highest BCUT2D eigenvalue weighted by Gasteiger charge is 2.49. The first-order chi connectivity index (χ1) is 18.9. The van der Waals surface area contributed by atoms with Gasteiger partial charge in [-0.3, -0.25) is 9.58 Å². The van der Waals surface area contributed by atoms with E-state index in [1.165, 1.54) is 6.07 Å². The lowest BCUT2D eigenvalue weighted by atomic mass is 9.69. The lowest BCUT2D eigenvalue weighted by Gasteiger charge is -2.52. The number of hydrogen-bond donors (Lipinski definition) is 1. The number of rotatable bonds is 8. The van der Waals surface area contributed by atoms with Crippen molar-refractivity contribution in [3.8, 4) is 23.1 Å². The maximum atomic E-state index is 14.1. The fraction of sp³-hybridized carbons (Fsp3) is 0.448. The second-order valence-corrected chi connectivity index (χ2v) is 11.1. The van der Waals surface area contributed by atoms with Crippen molar-refractivity contribution in [2.75, 3.05) is 27.2 Å². The quantitative estimate of drug-likeness (QED) is 0.363. The minimum atomic E-state index is -0.306. The van der Waals surface area contributed by atoms with Gasteiger partial charge in [-0.25, -0.2) is 14.4 Å². The third-order valence-electron chi connectivity index (χ3n) is 8.06. The van der Waals surface area contributed by atoms with Gasteiger partial charge in [0.05, 0.1) is 29.9 Å². The average molecular weight is 529 g/mol. The van der Waals surface area contributed by atoms with E-state index in [0.717, 1.165) is 66.6 Å². The van der Waals surface area contributed by atoms with Gasteiger partial charge in [-0.05, 0) is 63.5 Å². The molecule has 1 saturated carbocycles. The highest BCUT2D eigenvalue weighted by molar-refractivity contribution is 5.90. The Morgan fingerprint density at radius 3 is 2.79 bits per heavy atom. The largest absolute Gasteiger partial charge is 0.490 e. The zero-order chi connectivity index (χ0) is 27.0. The lowest BCUT2D eigenvalue weighted by Crippen LogP contribution is -2.58. The number of fused-ring (bicyclic) bond motifs is 1. The molecule has 0 atom stereocenters. The molecule has 2 aliphatic rings. The molecule has 0 spiro atoms. The van der Waals surface area contributed by atoms with Crippen LogP contribution in [0.15, 0.2) is 49.2 Å². The molecule has 4 aromatic rings. The molecule has 0 unspecified atom stereocenters. The fourth-order valence-corrected chi connectivity index (χ4v) is 6.14. The van der Waals surface area contributed by atoms with Crippen molar-refractivity contribution in [1.29, 1.82) is 5.26 Å². The predicted octanol–water partition coefficient (Wildman–Crippen LogP) is 4.34. The molecule has 1 N–H and O–H groups in total. The number of nitriles is 1. The molecule has 0 radical (unpaired) electrons. The third-order valence-corrected chi connectivity index (χ3v) is 8.06. The number of likely N-dealkylation sites (tertiary alicyclic amines) is 1. The summed E-state index contributed by atoms with van der Waals surface area (Å²) < 4.78 is 22.3. The van der Waals surface area contributed by atoms with E-state index in [2.05, 4.69) is 31.0 Å². The van der Waals surface area contributed by atoms with E-state index in [-0.39, 0.29) is 17.5 Å². The summed E-state index contributed by atoms with van der Waals surface area (Å²) in [7, 11) is 3.94. The van der Waals surface area contributed by atoms with Crippen LogP contribution in [0, 0.1) is 17.1 Å². The van der Waals surface area contributed by atoms with Crippen molar-refractivity contribution in [2.24, 2.45) is 0 Å². The van der Waals surface area contributed by atoms with Gasteiger partial charge in [0.1, 0.15) is 29.6 Å². The van der Waals surface area contributed by atoms with Crippen LogP contribution in [-0.4, -0.2) is 73.9 Å². The Bertz CT molecular complexity index is 1490. The van der Waals surface area contributed by atoms with Crippen molar-refractivity contribution >= 4 is 11.0 Å². The topological polar surface area (TPSA) is 98.9 Å². The smallest absolute Gasteiger partial charge is 0.141 e. The summed E-state index contributed by atoms with van der Waals surface area (Å²) in [5, 5.41) is 15.3. The Hall–Kier alpha value is -3.81. The highest BCUT2D eigenvalue weighted by Crippen LogP contribution is 2.45. The standard InChI is InChI=1S/C29H33FN8O/c1-36(2)17-20-11-22(30)13-25(12-20)39-24-4-9-37(10-5-24)23-14-29(15-23,6-7-31)38-18-21(16-35-38)27-26-3-8-32-28(26)34-19-33-27/h3,8,11-13,16,18-19,23-24H,4-6,9-10,14-15,17H2,1-2H3,(H,32,33,34). The Labute approximate surface area is 227 Å². The maximum Gasteiger partial charge on any atom is 0.141 e. The zero-order valence-electron chi connectivity index (χ0n) is 22.3. The summed E-state index contributed by atoms with van der Waals surface area (Å²) in [6, 6.07) is 9.76. The summed E-state index contributed by atoms with van der Waals surface area (Å²) in [6.45, 7) is 2.52. The van der Waals surface area contributed by atoms with Crippen LogP contribution >= 0.6 is 0 Å². The van der Waals surface area contributed by atoms with E-state index < -0.39 is 0 Å². The van der Waals surface area contributed by atoms with Gasteiger partial charge in [0, 0.05) is 55.1 Å². The fourth-order valence-electron chi connectivity index (χ4n) is 6.14. The molecule has 1 aromatic carbocycles. The molecule has 1 aliphatic heterocycles. The van der Waals surface area contributed by atoms with Crippen molar-refractivity contribution in [2.45, 2.75) is 56.3 Å². The summed E-state index contributed by atoms with van der Waals surface area (Å²) >= 11 is 0. The summed E-state index contributed by atoms with van der Waals surface area (Å²) in [4.78, 5) is 16.4. The van der Waals surface area contributed by atoms with Crippen LogP contribution in [0.2, 0.25) is 0 Å². The molecule has 1 aliphatic carbocycles. The first kappa shape index (κ1) is 25.5. The van der Waals surface area contributed by atoms with Crippen molar-refractivity contribution < 1.29 is 9.13 Å². The maximum absolute atomic E-state index is 14.1. The minimum absolute atomic E-state index is 0.0750. The normalized spacial score (nSPS) is 22.2.